The summed E-state index contributed by atoms with van der Waals surface area (Å²) in [6, 6.07) is 4.59. The third-order valence-corrected chi connectivity index (χ3v) is 3.83. The zero-order valence-electron chi connectivity index (χ0n) is 10.6. The van der Waals surface area contributed by atoms with E-state index in [0.717, 1.165) is 11.8 Å². The first kappa shape index (κ1) is 14.7. The Balaban J connectivity index is 2.26. The van der Waals surface area contributed by atoms with Crippen molar-refractivity contribution in [2.24, 2.45) is 0 Å². The highest BCUT2D eigenvalue weighted by Gasteiger charge is 2.34. The molecule has 1 amide bonds. The van der Waals surface area contributed by atoms with E-state index in [0.29, 0.717) is 5.69 Å². The van der Waals surface area contributed by atoms with Gasteiger partial charge in [0, 0.05) is 12.7 Å². The lowest BCUT2D eigenvalue weighted by Crippen LogP contribution is -2.23. The van der Waals surface area contributed by atoms with Gasteiger partial charge < -0.3 is 15.5 Å². The third kappa shape index (κ3) is 2.74. The molecule has 1 aliphatic heterocycles. The molecule has 3 N–H and O–H groups in total. The summed E-state index contributed by atoms with van der Waals surface area (Å²) in [6.07, 6.45) is -2.55. The van der Waals surface area contributed by atoms with Crippen molar-refractivity contribution in [1.29, 1.82) is 0 Å². The number of anilines is 1. The van der Waals surface area contributed by atoms with Crippen molar-refractivity contribution in [3.05, 3.63) is 29.3 Å². The van der Waals surface area contributed by atoms with Crippen molar-refractivity contribution in [2.45, 2.75) is 19.1 Å². The van der Waals surface area contributed by atoms with E-state index in [2.05, 4.69) is 5.32 Å². The molecule has 1 heterocycles. The predicted octanol–water partition coefficient (Wildman–Crippen LogP) is 0.495. The van der Waals surface area contributed by atoms with Crippen molar-refractivity contribution in [3.63, 3.8) is 0 Å². The van der Waals surface area contributed by atoms with E-state index < -0.39 is 23.9 Å². The molecule has 7 heteroatoms. The maximum Gasteiger partial charge on any atom is 0.296 e. The van der Waals surface area contributed by atoms with Gasteiger partial charge in [0.1, 0.15) is 6.10 Å². The summed E-state index contributed by atoms with van der Waals surface area (Å²) in [7, 11) is 0. The predicted molar refractivity (Wildman–Crippen MR) is 73.5 cm³/mol. The van der Waals surface area contributed by atoms with Crippen LogP contribution in [0.15, 0.2) is 18.2 Å². The minimum atomic E-state index is -1.34. The molecule has 106 valence electrons. The van der Waals surface area contributed by atoms with Crippen LogP contribution in [0, 0.1) is 0 Å². The molecule has 1 aliphatic rings. The fraction of sp³-hybridized carbons (Fsp3) is 0.308. The normalized spacial score (nSPS) is 16.6. The average Bonchev–Trinajstić information content (AvgIpc) is 2.70. The first-order chi connectivity index (χ1) is 9.41. The molecule has 2 rings (SSSR count). The number of nitrogens with one attached hydrogen (secondary N) is 1. The van der Waals surface area contributed by atoms with Crippen LogP contribution in [0.2, 0.25) is 0 Å². The second kappa shape index (κ2) is 5.74. The van der Waals surface area contributed by atoms with Crippen LogP contribution >= 0.6 is 11.8 Å². The Morgan fingerprint density at radius 2 is 2.05 bits per heavy atom. The van der Waals surface area contributed by atoms with Crippen LogP contribution in [0.4, 0.5) is 5.69 Å². The van der Waals surface area contributed by atoms with Crippen molar-refractivity contribution >= 4 is 34.3 Å². The molecule has 0 radical (unpaired) electrons. The summed E-state index contributed by atoms with van der Waals surface area (Å²) in [5.41, 5.74) is 0.586. The van der Waals surface area contributed by atoms with Gasteiger partial charge in [-0.3, -0.25) is 14.4 Å². The second-order valence-electron chi connectivity index (χ2n) is 4.37. The molecule has 0 saturated carbocycles. The van der Waals surface area contributed by atoms with Crippen LogP contribution in [-0.4, -0.2) is 38.9 Å². The van der Waals surface area contributed by atoms with E-state index in [9.17, 15) is 24.6 Å². The van der Waals surface area contributed by atoms with Gasteiger partial charge in [-0.2, -0.15) is 0 Å². The minimum absolute atomic E-state index is 0.00966. The van der Waals surface area contributed by atoms with Gasteiger partial charge in [0.15, 0.2) is 5.12 Å². The van der Waals surface area contributed by atoms with E-state index in [1.807, 2.05) is 0 Å². The minimum Gasteiger partial charge on any atom is -0.389 e. The van der Waals surface area contributed by atoms with Crippen molar-refractivity contribution in [1.82, 2.24) is 0 Å². The Morgan fingerprint density at radius 1 is 1.35 bits per heavy atom. The second-order valence-corrected chi connectivity index (χ2v) is 5.56. The SMILES string of the molecule is CC(=O)SCC(O)C(O)c1cccc2c1C(=O)C(=O)N2. The average molecular weight is 295 g/mol. The maximum absolute atomic E-state index is 11.7. The molecule has 20 heavy (non-hydrogen) atoms. The zero-order valence-corrected chi connectivity index (χ0v) is 11.4. The van der Waals surface area contributed by atoms with Gasteiger partial charge in [-0.1, -0.05) is 23.9 Å². The number of ketones is 1. The molecular formula is C13H13NO5S. The molecule has 1 aromatic rings. The number of Topliss-reactive ketones (excluding diaryl/α,β-unsaturated/α-hetero) is 1. The number of carbonyl (C=O) groups excluding carboxylic acids is 3. The molecule has 0 fully saturated rings. The van der Waals surface area contributed by atoms with Crippen molar-refractivity contribution < 1.29 is 24.6 Å². The lowest BCUT2D eigenvalue weighted by Gasteiger charge is -2.19. The van der Waals surface area contributed by atoms with Crippen LogP contribution in [0.5, 0.6) is 0 Å². The molecule has 0 aliphatic carbocycles. The van der Waals surface area contributed by atoms with E-state index in [1.165, 1.54) is 13.0 Å². The van der Waals surface area contributed by atoms with Crippen molar-refractivity contribution in [3.8, 4) is 0 Å². The Hall–Kier alpha value is -1.70. The van der Waals surface area contributed by atoms with Gasteiger partial charge in [-0.15, -0.1) is 0 Å². The van der Waals surface area contributed by atoms with Crippen LogP contribution in [-0.2, 0) is 9.59 Å². The van der Waals surface area contributed by atoms with Gasteiger partial charge in [0.2, 0.25) is 0 Å². The summed E-state index contributed by atoms with van der Waals surface area (Å²) in [6.45, 7) is 1.36. The number of hydrogen-bond donors (Lipinski definition) is 3. The number of rotatable bonds is 4. The summed E-state index contributed by atoms with van der Waals surface area (Å²) in [5, 5.41) is 22.2. The van der Waals surface area contributed by atoms with Crippen LogP contribution < -0.4 is 5.32 Å². The summed E-state index contributed by atoms with van der Waals surface area (Å²) in [5.74, 6) is -1.48. The molecule has 1 aromatic carbocycles. The number of aliphatic hydroxyl groups excluding tert-OH is 2. The molecule has 0 saturated heterocycles. The number of amides is 1. The number of aliphatic hydroxyl groups is 2. The van der Waals surface area contributed by atoms with E-state index >= 15 is 0 Å². The molecular weight excluding hydrogens is 282 g/mol. The maximum atomic E-state index is 11.7. The van der Waals surface area contributed by atoms with Crippen LogP contribution in [0.3, 0.4) is 0 Å². The zero-order chi connectivity index (χ0) is 14.9. The first-order valence-corrected chi connectivity index (χ1v) is 6.88. The molecule has 2 atom stereocenters. The molecule has 0 aromatic heterocycles. The Morgan fingerprint density at radius 3 is 2.70 bits per heavy atom. The summed E-state index contributed by atoms with van der Waals surface area (Å²) in [4.78, 5) is 33.9. The highest BCUT2D eigenvalue weighted by Crippen LogP contribution is 2.32. The summed E-state index contributed by atoms with van der Waals surface area (Å²) < 4.78 is 0. The quantitative estimate of drug-likeness (QED) is 0.699. The topological polar surface area (TPSA) is 104 Å². The van der Waals surface area contributed by atoms with Gasteiger partial charge in [0.25, 0.3) is 11.7 Å². The number of benzene rings is 1. The molecule has 0 bridgehead atoms. The lowest BCUT2D eigenvalue weighted by atomic mass is 9.97. The van der Waals surface area contributed by atoms with E-state index in [-0.39, 0.29) is 22.0 Å². The Kier molecular flexibility index (Phi) is 4.22. The summed E-state index contributed by atoms with van der Waals surface area (Å²) >= 11 is 0.881. The largest absolute Gasteiger partial charge is 0.389 e. The van der Waals surface area contributed by atoms with Crippen LogP contribution in [0.1, 0.15) is 28.9 Å². The van der Waals surface area contributed by atoms with E-state index in [4.69, 9.17) is 0 Å². The molecule has 2 unspecified atom stereocenters. The Labute approximate surface area is 119 Å². The van der Waals surface area contributed by atoms with Gasteiger partial charge in [0.05, 0.1) is 17.4 Å². The van der Waals surface area contributed by atoms with Crippen LogP contribution in [0.25, 0.3) is 0 Å². The van der Waals surface area contributed by atoms with Gasteiger partial charge >= 0.3 is 0 Å². The van der Waals surface area contributed by atoms with Crippen molar-refractivity contribution in [2.75, 3.05) is 11.1 Å². The van der Waals surface area contributed by atoms with Gasteiger partial charge in [-0.05, 0) is 11.6 Å². The molecule has 0 spiro atoms. The highest BCUT2D eigenvalue weighted by atomic mass is 32.2. The smallest absolute Gasteiger partial charge is 0.296 e. The monoisotopic (exact) mass is 295 g/mol. The third-order valence-electron chi connectivity index (χ3n) is 2.92. The fourth-order valence-corrected chi connectivity index (χ4v) is 2.56. The number of thioether (sulfide) groups is 1. The van der Waals surface area contributed by atoms with E-state index in [1.54, 1.807) is 12.1 Å². The first-order valence-electron chi connectivity index (χ1n) is 5.90. The lowest BCUT2D eigenvalue weighted by molar-refractivity contribution is -0.112. The van der Waals surface area contributed by atoms with Gasteiger partial charge in [-0.25, -0.2) is 0 Å². The number of carbonyl (C=O) groups is 3. The fourth-order valence-electron chi connectivity index (χ4n) is 1.97. The standard InChI is InChI=1S/C13H13NO5S/c1-6(15)20-5-9(16)11(17)7-3-2-4-8-10(7)12(18)13(19)14-8/h2-4,9,11,16-17H,5H2,1H3,(H,14,18,19). The molecule has 6 nitrogen and oxygen atoms in total. The Bertz CT molecular complexity index is 586. The number of hydrogen-bond acceptors (Lipinski definition) is 6. The number of fused-ring (bicyclic) bond motifs is 1. The highest BCUT2D eigenvalue weighted by molar-refractivity contribution is 8.13.